The second-order valence-electron chi connectivity index (χ2n) is 7.81. The SMILES string of the molecule is CC(C(C(=O)Nc1cccc(CC2(C(=O)O)CC2)c1)c1ccc(Cl)cc1)C(F)(F)F. The number of nitrogens with one attached hydrogen (secondary N) is 1. The third-order valence-electron chi connectivity index (χ3n) is 5.57. The molecule has 1 amide bonds. The molecule has 2 N–H and O–H groups in total. The van der Waals surface area contributed by atoms with Crippen molar-refractivity contribution < 1.29 is 27.9 Å². The molecule has 2 aromatic carbocycles. The van der Waals surface area contributed by atoms with Crippen LogP contribution in [0.5, 0.6) is 0 Å². The Morgan fingerprint density at radius 2 is 1.80 bits per heavy atom. The minimum Gasteiger partial charge on any atom is -0.481 e. The van der Waals surface area contributed by atoms with Crippen molar-refractivity contribution in [3.8, 4) is 0 Å². The lowest BCUT2D eigenvalue weighted by molar-refractivity contribution is -0.178. The maximum absolute atomic E-state index is 13.4. The highest BCUT2D eigenvalue weighted by molar-refractivity contribution is 6.30. The Morgan fingerprint density at radius 1 is 1.17 bits per heavy atom. The fourth-order valence-electron chi connectivity index (χ4n) is 3.51. The van der Waals surface area contributed by atoms with Gasteiger partial charge in [0.05, 0.1) is 17.3 Å². The lowest BCUT2D eigenvalue weighted by atomic mass is 9.85. The molecule has 0 spiro atoms. The van der Waals surface area contributed by atoms with E-state index in [0.717, 1.165) is 6.92 Å². The van der Waals surface area contributed by atoms with Gasteiger partial charge in [0.15, 0.2) is 0 Å². The van der Waals surface area contributed by atoms with Gasteiger partial charge in [-0.3, -0.25) is 9.59 Å². The van der Waals surface area contributed by atoms with Crippen LogP contribution >= 0.6 is 11.6 Å². The van der Waals surface area contributed by atoms with Crippen LogP contribution in [0.25, 0.3) is 0 Å². The Bertz CT molecular complexity index is 939. The number of aliphatic carboxylic acids is 1. The molecule has 2 atom stereocenters. The van der Waals surface area contributed by atoms with Crippen LogP contribution in [0.4, 0.5) is 18.9 Å². The number of carbonyl (C=O) groups is 2. The van der Waals surface area contributed by atoms with Gasteiger partial charge in [-0.15, -0.1) is 0 Å². The summed E-state index contributed by atoms with van der Waals surface area (Å²) in [6.45, 7) is 0.971. The van der Waals surface area contributed by atoms with Crippen LogP contribution in [0.1, 0.15) is 36.8 Å². The first-order chi connectivity index (χ1) is 14.0. The van der Waals surface area contributed by atoms with Crippen LogP contribution in [0, 0.1) is 11.3 Å². The van der Waals surface area contributed by atoms with Crippen LogP contribution in [-0.2, 0) is 16.0 Å². The van der Waals surface area contributed by atoms with Crippen molar-refractivity contribution in [1.29, 1.82) is 0 Å². The number of alkyl halides is 3. The summed E-state index contributed by atoms with van der Waals surface area (Å²) in [6.07, 6.45) is -3.09. The molecule has 3 rings (SSSR count). The van der Waals surface area contributed by atoms with E-state index in [1.807, 2.05) is 0 Å². The zero-order chi connectivity index (χ0) is 22.1. The summed E-state index contributed by atoms with van der Waals surface area (Å²) in [5.41, 5.74) is 0.464. The van der Waals surface area contributed by atoms with Gasteiger partial charge in [0, 0.05) is 10.7 Å². The molecule has 2 unspecified atom stereocenters. The lowest BCUT2D eigenvalue weighted by Gasteiger charge is -2.26. The van der Waals surface area contributed by atoms with Crippen LogP contribution in [0.2, 0.25) is 5.02 Å². The largest absolute Gasteiger partial charge is 0.481 e. The van der Waals surface area contributed by atoms with Crippen LogP contribution in [-0.4, -0.2) is 23.2 Å². The van der Waals surface area contributed by atoms with Gasteiger partial charge in [0.25, 0.3) is 0 Å². The first-order valence-corrected chi connectivity index (χ1v) is 9.85. The fraction of sp³-hybridized carbons (Fsp3) is 0.364. The molecule has 4 nitrogen and oxygen atoms in total. The molecule has 1 aliphatic rings. The topological polar surface area (TPSA) is 66.4 Å². The quantitative estimate of drug-likeness (QED) is 0.584. The Hall–Kier alpha value is -2.54. The first kappa shape index (κ1) is 22.2. The Balaban J connectivity index is 1.83. The smallest absolute Gasteiger partial charge is 0.392 e. The molecule has 0 aliphatic heterocycles. The van der Waals surface area contributed by atoms with Crippen LogP contribution < -0.4 is 5.32 Å². The molecular weight excluding hydrogens is 419 g/mol. The van der Waals surface area contributed by atoms with Gasteiger partial charge in [-0.2, -0.15) is 13.2 Å². The second-order valence-corrected chi connectivity index (χ2v) is 8.25. The molecule has 0 bridgehead atoms. The minimum atomic E-state index is -4.57. The Kier molecular flexibility index (Phi) is 6.13. The van der Waals surface area contributed by atoms with E-state index >= 15 is 0 Å². The van der Waals surface area contributed by atoms with E-state index in [1.54, 1.807) is 24.3 Å². The van der Waals surface area contributed by atoms with Crippen molar-refractivity contribution in [3.05, 3.63) is 64.7 Å². The van der Waals surface area contributed by atoms with Crippen molar-refractivity contribution in [2.75, 3.05) is 5.32 Å². The summed E-state index contributed by atoms with van der Waals surface area (Å²) in [6, 6.07) is 12.3. The van der Waals surface area contributed by atoms with Gasteiger partial charge in [-0.1, -0.05) is 42.8 Å². The van der Waals surface area contributed by atoms with Gasteiger partial charge in [-0.25, -0.2) is 0 Å². The average Bonchev–Trinajstić information content (AvgIpc) is 3.44. The summed E-state index contributed by atoms with van der Waals surface area (Å²) < 4.78 is 40.3. The summed E-state index contributed by atoms with van der Waals surface area (Å²) in [7, 11) is 0. The predicted molar refractivity (Wildman–Crippen MR) is 107 cm³/mol. The monoisotopic (exact) mass is 439 g/mol. The first-order valence-electron chi connectivity index (χ1n) is 9.47. The fourth-order valence-corrected chi connectivity index (χ4v) is 3.64. The van der Waals surface area contributed by atoms with E-state index in [1.165, 1.54) is 24.3 Å². The second kappa shape index (κ2) is 8.30. The summed E-state index contributed by atoms with van der Waals surface area (Å²) in [5.74, 6) is -5.03. The average molecular weight is 440 g/mol. The normalized spacial score (nSPS) is 17.1. The molecular formula is C22H21ClF3NO3. The van der Waals surface area contributed by atoms with Gasteiger partial charge >= 0.3 is 12.1 Å². The van der Waals surface area contributed by atoms with Crippen molar-refractivity contribution in [1.82, 2.24) is 0 Å². The number of amides is 1. The van der Waals surface area contributed by atoms with E-state index in [9.17, 15) is 27.9 Å². The third-order valence-corrected chi connectivity index (χ3v) is 5.82. The number of anilines is 1. The van der Waals surface area contributed by atoms with Gasteiger partial charge in [0.1, 0.15) is 0 Å². The highest BCUT2D eigenvalue weighted by Gasteiger charge is 2.50. The number of carboxylic acid groups (broad SMARTS) is 1. The van der Waals surface area contributed by atoms with E-state index in [-0.39, 0.29) is 5.56 Å². The molecule has 30 heavy (non-hydrogen) atoms. The van der Waals surface area contributed by atoms with Crippen molar-refractivity contribution in [3.63, 3.8) is 0 Å². The van der Waals surface area contributed by atoms with Gasteiger partial charge in [-0.05, 0) is 54.7 Å². The summed E-state index contributed by atoms with van der Waals surface area (Å²) in [5, 5.41) is 12.3. The van der Waals surface area contributed by atoms with Gasteiger partial charge in [0.2, 0.25) is 5.91 Å². The maximum Gasteiger partial charge on any atom is 0.392 e. The van der Waals surface area contributed by atoms with Gasteiger partial charge < -0.3 is 10.4 Å². The zero-order valence-corrected chi connectivity index (χ0v) is 16.9. The predicted octanol–water partition coefficient (Wildman–Crippen LogP) is 5.67. The molecule has 1 saturated carbocycles. The lowest BCUT2D eigenvalue weighted by Crippen LogP contribution is -2.34. The van der Waals surface area contributed by atoms with Crippen molar-refractivity contribution >= 4 is 29.2 Å². The number of benzene rings is 2. The molecule has 0 saturated heterocycles. The maximum atomic E-state index is 13.4. The number of halogens is 4. The molecule has 160 valence electrons. The Morgan fingerprint density at radius 3 is 2.33 bits per heavy atom. The minimum absolute atomic E-state index is 0.209. The van der Waals surface area contributed by atoms with E-state index in [2.05, 4.69) is 5.32 Å². The summed E-state index contributed by atoms with van der Waals surface area (Å²) >= 11 is 5.83. The number of carboxylic acids is 1. The molecule has 1 fully saturated rings. The highest BCUT2D eigenvalue weighted by atomic mass is 35.5. The molecule has 8 heteroatoms. The molecule has 0 radical (unpaired) electrons. The van der Waals surface area contributed by atoms with Crippen molar-refractivity contribution in [2.45, 2.75) is 38.3 Å². The number of rotatable bonds is 7. The molecule has 2 aromatic rings. The zero-order valence-electron chi connectivity index (χ0n) is 16.2. The highest BCUT2D eigenvalue weighted by Crippen LogP contribution is 2.48. The van der Waals surface area contributed by atoms with Crippen LogP contribution in [0.3, 0.4) is 0 Å². The standard InChI is InChI=1S/C22H21ClF3NO3/c1-13(22(24,25)26)18(15-5-7-16(23)8-6-15)19(28)27-17-4-2-3-14(11-17)12-21(9-10-21)20(29)30/h2-8,11,13,18H,9-10,12H2,1H3,(H,27,28)(H,29,30). The molecule has 0 heterocycles. The number of hydrogen-bond donors (Lipinski definition) is 2. The number of carbonyl (C=O) groups excluding carboxylic acids is 1. The number of hydrogen-bond acceptors (Lipinski definition) is 2. The van der Waals surface area contributed by atoms with E-state index in [0.29, 0.717) is 35.5 Å². The molecule has 1 aliphatic carbocycles. The van der Waals surface area contributed by atoms with E-state index < -0.39 is 35.3 Å². The Labute approximate surface area is 177 Å². The molecule has 0 aromatic heterocycles. The van der Waals surface area contributed by atoms with Crippen molar-refractivity contribution in [2.24, 2.45) is 11.3 Å². The van der Waals surface area contributed by atoms with E-state index in [4.69, 9.17) is 11.6 Å². The summed E-state index contributed by atoms with van der Waals surface area (Å²) in [4.78, 5) is 24.3. The van der Waals surface area contributed by atoms with Crippen LogP contribution in [0.15, 0.2) is 48.5 Å². The third kappa shape index (κ3) is 4.95.